The van der Waals surface area contributed by atoms with E-state index in [1.165, 1.54) is 33.5 Å². The van der Waals surface area contributed by atoms with Gasteiger partial charge in [-0.3, -0.25) is 9.59 Å². The number of pyridine rings is 1. The van der Waals surface area contributed by atoms with Crippen LogP contribution in [0, 0.1) is 0 Å². The van der Waals surface area contributed by atoms with E-state index in [2.05, 4.69) is 4.98 Å². The van der Waals surface area contributed by atoms with Crippen molar-refractivity contribution in [2.45, 2.75) is 32.2 Å². The van der Waals surface area contributed by atoms with Gasteiger partial charge in [0.1, 0.15) is 5.75 Å². The van der Waals surface area contributed by atoms with Gasteiger partial charge in [0.2, 0.25) is 15.6 Å². The van der Waals surface area contributed by atoms with Crippen LogP contribution in [0.5, 0.6) is 5.75 Å². The summed E-state index contributed by atoms with van der Waals surface area (Å²) in [5, 5.41) is 0.381. The highest BCUT2D eigenvalue weighted by Crippen LogP contribution is 2.24. The number of rotatable bonds is 9. The molecule has 176 valence electrons. The van der Waals surface area contributed by atoms with Crippen LogP contribution in [0.4, 0.5) is 0 Å². The van der Waals surface area contributed by atoms with E-state index < -0.39 is 15.6 Å². The molecule has 0 unspecified atom stereocenters. The first-order valence-electron chi connectivity index (χ1n) is 10.9. The Labute approximate surface area is 193 Å². The van der Waals surface area contributed by atoms with Crippen LogP contribution in [0.2, 0.25) is 0 Å². The lowest BCUT2D eigenvalue weighted by atomic mass is 10.1. The maximum Gasteiger partial charge on any atom is 0.254 e. The molecule has 0 saturated heterocycles. The molecule has 0 aliphatic rings. The molecule has 33 heavy (non-hydrogen) atoms. The first-order valence-corrected chi connectivity index (χ1v) is 12.3. The topological polar surface area (TPSA) is 99.8 Å². The zero-order chi connectivity index (χ0) is 24.2. The molecule has 0 radical (unpaired) electrons. The standard InChI is InChI=1S/C24H29N3O5S/c1-5-27(6-2)33(30,31)19-12-13-22-20(14-19)21(15-23(28)25-22)24(29)26(4)16-17-8-10-18(11-9-17)32-7-3/h8-15H,5-7,16H2,1-4H3,(H,25,28). The van der Waals surface area contributed by atoms with E-state index in [9.17, 15) is 18.0 Å². The van der Waals surface area contributed by atoms with Crippen molar-refractivity contribution >= 4 is 26.8 Å². The number of aromatic nitrogens is 1. The summed E-state index contributed by atoms with van der Waals surface area (Å²) >= 11 is 0. The molecule has 0 fully saturated rings. The van der Waals surface area contributed by atoms with Crippen LogP contribution >= 0.6 is 0 Å². The summed E-state index contributed by atoms with van der Waals surface area (Å²) in [6, 6.07) is 13.1. The Hall–Kier alpha value is -3.17. The largest absolute Gasteiger partial charge is 0.494 e. The van der Waals surface area contributed by atoms with Crippen LogP contribution in [0.15, 0.2) is 58.2 Å². The number of carbonyl (C=O) groups excluding carboxylic acids is 1. The van der Waals surface area contributed by atoms with Crippen LogP contribution in [0.3, 0.4) is 0 Å². The van der Waals surface area contributed by atoms with Crippen molar-refractivity contribution in [1.29, 1.82) is 0 Å². The van der Waals surface area contributed by atoms with E-state index in [0.29, 0.717) is 37.1 Å². The Kier molecular flexibility index (Phi) is 7.55. The zero-order valence-corrected chi connectivity index (χ0v) is 20.1. The van der Waals surface area contributed by atoms with Gasteiger partial charge in [0, 0.05) is 43.7 Å². The average molecular weight is 472 g/mol. The van der Waals surface area contributed by atoms with Crippen LogP contribution in [0.1, 0.15) is 36.7 Å². The smallest absolute Gasteiger partial charge is 0.254 e. The molecule has 3 aromatic rings. The van der Waals surface area contributed by atoms with Gasteiger partial charge in [0.25, 0.3) is 5.91 Å². The molecule has 8 nitrogen and oxygen atoms in total. The summed E-state index contributed by atoms with van der Waals surface area (Å²) < 4.78 is 32.8. The van der Waals surface area contributed by atoms with Gasteiger partial charge in [-0.15, -0.1) is 0 Å². The first kappa shape index (κ1) is 24.5. The van der Waals surface area contributed by atoms with Crippen LogP contribution < -0.4 is 10.3 Å². The zero-order valence-electron chi connectivity index (χ0n) is 19.3. The molecule has 1 heterocycles. The van der Waals surface area contributed by atoms with Gasteiger partial charge < -0.3 is 14.6 Å². The van der Waals surface area contributed by atoms with Gasteiger partial charge in [0.15, 0.2) is 0 Å². The lowest BCUT2D eigenvalue weighted by molar-refractivity contribution is 0.0787. The van der Waals surface area contributed by atoms with Crippen LogP contribution in [0.25, 0.3) is 10.9 Å². The number of hydrogen-bond acceptors (Lipinski definition) is 5. The molecule has 0 aliphatic carbocycles. The van der Waals surface area contributed by atoms with Gasteiger partial charge in [-0.1, -0.05) is 26.0 Å². The minimum atomic E-state index is -3.72. The molecule has 9 heteroatoms. The van der Waals surface area contributed by atoms with Crippen molar-refractivity contribution in [3.8, 4) is 5.75 Å². The van der Waals surface area contributed by atoms with E-state index >= 15 is 0 Å². The van der Waals surface area contributed by atoms with E-state index in [1.807, 2.05) is 31.2 Å². The SMILES string of the molecule is CCOc1ccc(CN(C)C(=O)c2cc(=O)[nH]c3ccc(S(=O)(=O)N(CC)CC)cc23)cc1. The molecule has 0 atom stereocenters. The molecule has 0 bridgehead atoms. The van der Waals surface area contributed by atoms with E-state index in [1.54, 1.807) is 20.9 Å². The Morgan fingerprint density at radius 2 is 1.67 bits per heavy atom. The fraction of sp³-hybridized carbons (Fsp3) is 0.333. The molecule has 1 amide bonds. The van der Waals surface area contributed by atoms with Crippen molar-refractivity contribution in [3.05, 3.63) is 70.0 Å². The predicted octanol–water partition coefficient (Wildman–Crippen LogP) is 3.23. The Morgan fingerprint density at radius 3 is 2.27 bits per heavy atom. The molecule has 0 aliphatic heterocycles. The van der Waals surface area contributed by atoms with Crippen molar-refractivity contribution in [1.82, 2.24) is 14.2 Å². The maximum absolute atomic E-state index is 13.3. The number of sulfonamides is 1. The number of fused-ring (bicyclic) bond motifs is 1. The first-order chi connectivity index (χ1) is 15.7. The third kappa shape index (κ3) is 5.26. The third-order valence-electron chi connectivity index (χ3n) is 5.39. The highest BCUT2D eigenvalue weighted by atomic mass is 32.2. The minimum Gasteiger partial charge on any atom is -0.494 e. The van der Waals surface area contributed by atoms with Crippen molar-refractivity contribution in [3.63, 3.8) is 0 Å². The van der Waals surface area contributed by atoms with Gasteiger partial charge in [-0.05, 0) is 42.8 Å². The Bertz CT molecular complexity index is 1300. The number of hydrogen-bond donors (Lipinski definition) is 1. The predicted molar refractivity (Wildman–Crippen MR) is 128 cm³/mol. The second kappa shape index (κ2) is 10.2. The fourth-order valence-electron chi connectivity index (χ4n) is 3.69. The van der Waals surface area contributed by atoms with Gasteiger partial charge in [-0.25, -0.2) is 8.42 Å². The molecule has 2 aromatic carbocycles. The number of benzene rings is 2. The number of amides is 1. The normalized spacial score (nSPS) is 11.7. The number of carbonyl (C=O) groups is 1. The van der Waals surface area contributed by atoms with E-state index in [4.69, 9.17) is 4.74 Å². The van der Waals surface area contributed by atoms with Crippen molar-refractivity contribution < 1.29 is 17.9 Å². The Balaban J connectivity index is 1.98. The number of nitrogens with one attached hydrogen (secondary N) is 1. The summed E-state index contributed by atoms with van der Waals surface area (Å²) in [5.74, 6) is 0.370. The van der Waals surface area contributed by atoms with Crippen molar-refractivity contribution in [2.24, 2.45) is 0 Å². The highest BCUT2D eigenvalue weighted by Gasteiger charge is 2.24. The molecule has 0 spiro atoms. The summed E-state index contributed by atoms with van der Waals surface area (Å²) in [5.41, 5.74) is 1.02. The quantitative estimate of drug-likeness (QED) is 0.517. The lowest BCUT2D eigenvalue weighted by Gasteiger charge is -2.20. The molecule has 0 saturated carbocycles. The van der Waals surface area contributed by atoms with Crippen molar-refractivity contribution in [2.75, 3.05) is 26.7 Å². The van der Waals surface area contributed by atoms with Gasteiger partial charge in [-0.2, -0.15) is 4.31 Å². The second-order valence-corrected chi connectivity index (χ2v) is 9.52. The van der Waals surface area contributed by atoms with Crippen LogP contribution in [-0.2, 0) is 16.6 Å². The monoisotopic (exact) mass is 471 g/mol. The molecule has 1 aromatic heterocycles. The van der Waals surface area contributed by atoms with Gasteiger partial charge in [0.05, 0.1) is 17.1 Å². The Morgan fingerprint density at radius 1 is 1.00 bits per heavy atom. The lowest BCUT2D eigenvalue weighted by Crippen LogP contribution is -2.30. The summed E-state index contributed by atoms with van der Waals surface area (Å²) in [4.78, 5) is 29.7. The number of nitrogens with zero attached hydrogens (tertiary/aromatic N) is 2. The molecular formula is C24H29N3O5S. The second-order valence-electron chi connectivity index (χ2n) is 7.58. The summed E-state index contributed by atoms with van der Waals surface area (Å²) in [7, 11) is -2.08. The van der Waals surface area contributed by atoms with Crippen LogP contribution in [-0.4, -0.2) is 55.3 Å². The minimum absolute atomic E-state index is 0.0777. The number of ether oxygens (including phenoxy) is 1. The van der Waals surface area contributed by atoms with Gasteiger partial charge >= 0.3 is 0 Å². The molecule has 3 rings (SSSR count). The third-order valence-corrected chi connectivity index (χ3v) is 7.43. The highest BCUT2D eigenvalue weighted by molar-refractivity contribution is 7.89. The summed E-state index contributed by atoms with van der Waals surface area (Å²) in [6.45, 7) is 6.99. The van der Waals surface area contributed by atoms with E-state index in [0.717, 1.165) is 11.3 Å². The average Bonchev–Trinajstić information content (AvgIpc) is 2.79. The molecular weight excluding hydrogens is 442 g/mol. The fourth-order valence-corrected chi connectivity index (χ4v) is 5.18. The maximum atomic E-state index is 13.3. The number of aromatic amines is 1. The van der Waals surface area contributed by atoms with E-state index in [-0.39, 0.29) is 16.4 Å². The summed E-state index contributed by atoms with van der Waals surface area (Å²) in [6.07, 6.45) is 0. The molecule has 1 N–H and O–H groups in total. The number of H-pyrrole nitrogens is 1.